The quantitative estimate of drug-likeness (QED) is 0.425. The Hall–Kier alpha value is -0.833. The molecule has 1 atom stereocenters. The second-order valence-corrected chi connectivity index (χ2v) is 5.05. The minimum Gasteiger partial charge on any atom is -0.286 e. The van der Waals surface area contributed by atoms with Crippen molar-refractivity contribution in [3.8, 4) is 0 Å². The maximum atomic E-state index is 3.78. The highest BCUT2D eigenvalue weighted by Gasteiger charge is 2.07. The molecule has 0 aliphatic heterocycles. The van der Waals surface area contributed by atoms with Crippen LogP contribution in [0.15, 0.2) is 31.0 Å². The number of nitrogens with zero attached hydrogens (tertiary/aromatic N) is 2. The summed E-state index contributed by atoms with van der Waals surface area (Å²) in [7, 11) is 1.17. The molecule has 54 valence electrons. The average molecular weight is 153 g/mol. The zero-order chi connectivity index (χ0) is 7.56. The van der Waals surface area contributed by atoms with E-state index in [0.717, 1.165) is 0 Å². The lowest BCUT2D eigenvalue weighted by molar-refractivity contribution is -0.670. The van der Waals surface area contributed by atoms with Crippen molar-refractivity contribution in [1.82, 2.24) is 4.23 Å². The fourth-order valence-electron chi connectivity index (χ4n) is 0.832. The molecule has 0 aliphatic rings. The normalized spacial score (nSPS) is 13.0. The Balaban J connectivity index is 2.84. The fourth-order valence-corrected chi connectivity index (χ4v) is 1.84. The van der Waals surface area contributed by atoms with Crippen molar-refractivity contribution in [3.63, 3.8) is 0 Å². The third-order valence-electron chi connectivity index (χ3n) is 1.60. The van der Waals surface area contributed by atoms with Gasteiger partial charge in [-0.3, -0.25) is 4.23 Å². The second-order valence-electron chi connectivity index (χ2n) is 2.50. The van der Waals surface area contributed by atoms with E-state index in [0.29, 0.717) is 0 Å². The highest BCUT2D eigenvalue weighted by Crippen LogP contribution is 1.88. The van der Waals surface area contributed by atoms with E-state index in [2.05, 4.69) is 35.6 Å². The van der Waals surface area contributed by atoms with E-state index in [1.807, 2.05) is 17.8 Å². The van der Waals surface area contributed by atoms with Gasteiger partial charge < -0.3 is 0 Å². The third-order valence-corrected chi connectivity index (χ3v) is 3.53. The molecule has 3 heteroatoms. The molecule has 0 bridgehead atoms. The summed E-state index contributed by atoms with van der Waals surface area (Å²) in [5, 5.41) is 0. The van der Waals surface area contributed by atoms with E-state index >= 15 is 0 Å². The van der Waals surface area contributed by atoms with Gasteiger partial charge in [0.05, 0.1) is 7.05 Å². The second kappa shape index (κ2) is 2.83. The molecule has 0 fully saturated rings. The molecule has 0 saturated heterocycles. The highest BCUT2D eigenvalue weighted by molar-refractivity contribution is 6.60. The van der Waals surface area contributed by atoms with Gasteiger partial charge in [-0.1, -0.05) is 5.70 Å². The smallest absolute Gasteiger partial charge is 0.271 e. The summed E-state index contributed by atoms with van der Waals surface area (Å²) in [5.74, 6) is 0. The van der Waals surface area contributed by atoms with Gasteiger partial charge in [0, 0.05) is 0 Å². The Morgan fingerprint density at radius 3 is 2.80 bits per heavy atom. The molecule has 0 amide bonds. The maximum absolute atomic E-state index is 3.78. The van der Waals surface area contributed by atoms with Gasteiger partial charge in [-0.05, 0) is 6.55 Å². The molecule has 1 heterocycles. The van der Waals surface area contributed by atoms with Crippen molar-refractivity contribution in [2.24, 2.45) is 7.05 Å². The maximum Gasteiger partial charge on any atom is 0.271 e. The van der Waals surface area contributed by atoms with Crippen molar-refractivity contribution >= 4 is 8.96 Å². The van der Waals surface area contributed by atoms with Crippen LogP contribution < -0.4 is 4.57 Å². The Labute approximate surface area is 63.1 Å². The van der Waals surface area contributed by atoms with Crippen molar-refractivity contribution in [2.75, 3.05) is 0 Å². The van der Waals surface area contributed by atoms with Gasteiger partial charge in [-0.15, -0.1) is 6.58 Å². The topological polar surface area (TPSA) is 8.81 Å². The summed E-state index contributed by atoms with van der Waals surface area (Å²) in [5.41, 5.74) is 2.06. The van der Waals surface area contributed by atoms with Crippen molar-refractivity contribution in [3.05, 3.63) is 31.0 Å². The summed E-state index contributed by atoms with van der Waals surface area (Å²) in [6.07, 6.45) is 6.24. The average Bonchev–Trinajstić information content (AvgIpc) is 2.34. The molecule has 1 aromatic heterocycles. The molecular formula is C7H13N2Si+. The van der Waals surface area contributed by atoms with Gasteiger partial charge in [0.2, 0.25) is 6.33 Å². The predicted octanol–water partition coefficient (Wildman–Crippen LogP) is 0.239. The number of aryl methyl sites for hydroxylation is 1. The van der Waals surface area contributed by atoms with E-state index in [-0.39, 0.29) is 0 Å². The van der Waals surface area contributed by atoms with E-state index in [9.17, 15) is 0 Å². The van der Waals surface area contributed by atoms with E-state index in [1.54, 1.807) is 0 Å². The number of hydrogen-bond donors (Lipinski definition) is 0. The van der Waals surface area contributed by atoms with Crippen LogP contribution in [0, 0.1) is 0 Å². The molecule has 0 radical (unpaired) electrons. The van der Waals surface area contributed by atoms with Crippen LogP contribution in [0.4, 0.5) is 0 Å². The first-order chi connectivity index (χ1) is 4.74. The van der Waals surface area contributed by atoms with Crippen LogP contribution in [0.2, 0.25) is 6.55 Å². The van der Waals surface area contributed by atoms with Crippen LogP contribution in [0.3, 0.4) is 0 Å². The molecule has 1 unspecified atom stereocenters. The monoisotopic (exact) mass is 153 g/mol. The van der Waals surface area contributed by atoms with Crippen molar-refractivity contribution < 1.29 is 4.57 Å². The largest absolute Gasteiger partial charge is 0.286 e. The zero-order valence-electron chi connectivity index (χ0n) is 6.49. The van der Waals surface area contributed by atoms with Crippen LogP contribution >= 0.6 is 0 Å². The number of aromatic nitrogens is 2. The Kier molecular flexibility index (Phi) is 2.06. The molecule has 0 aromatic carbocycles. The van der Waals surface area contributed by atoms with Crippen LogP contribution in [0.1, 0.15) is 0 Å². The van der Waals surface area contributed by atoms with E-state index < -0.39 is 8.96 Å². The molecule has 0 N–H and O–H groups in total. The lowest BCUT2D eigenvalue weighted by Gasteiger charge is -1.95. The molecule has 0 aliphatic carbocycles. The van der Waals surface area contributed by atoms with Crippen LogP contribution in [-0.2, 0) is 7.05 Å². The van der Waals surface area contributed by atoms with Gasteiger partial charge in [0.25, 0.3) is 8.96 Å². The van der Waals surface area contributed by atoms with Gasteiger partial charge in [-0.25, -0.2) is 4.57 Å². The highest BCUT2D eigenvalue weighted by atomic mass is 28.3. The van der Waals surface area contributed by atoms with Gasteiger partial charge in [0.1, 0.15) is 12.4 Å². The standard InChI is InChI=1S/C7H13N2Si/c1-4-10(3)9-6-5-8(2)7-9/h4-7,10H,1H2,2-3H3/q+1. The molecular weight excluding hydrogens is 140 g/mol. The van der Waals surface area contributed by atoms with E-state index in [4.69, 9.17) is 0 Å². The summed E-state index contributed by atoms with van der Waals surface area (Å²) in [6.45, 7) is 6.02. The molecule has 2 nitrogen and oxygen atoms in total. The number of imidazole rings is 1. The van der Waals surface area contributed by atoms with Gasteiger partial charge in [-0.2, -0.15) is 0 Å². The lowest BCUT2D eigenvalue weighted by Crippen LogP contribution is -2.26. The first-order valence-electron chi connectivity index (χ1n) is 3.39. The Morgan fingerprint density at radius 2 is 2.40 bits per heavy atom. The number of hydrogen-bond acceptors (Lipinski definition) is 0. The van der Waals surface area contributed by atoms with Crippen molar-refractivity contribution in [2.45, 2.75) is 6.55 Å². The first kappa shape index (κ1) is 7.28. The van der Waals surface area contributed by atoms with Gasteiger partial charge in [0.15, 0.2) is 0 Å². The zero-order valence-corrected chi connectivity index (χ0v) is 7.64. The minimum absolute atomic E-state index is 0.859. The third kappa shape index (κ3) is 1.36. The minimum atomic E-state index is -0.859. The van der Waals surface area contributed by atoms with Crippen LogP contribution in [0.5, 0.6) is 0 Å². The first-order valence-corrected chi connectivity index (χ1v) is 5.73. The summed E-state index contributed by atoms with van der Waals surface area (Å²) < 4.78 is 4.29. The molecule has 10 heavy (non-hydrogen) atoms. The summed E-state index contributed by atoms with van der Waals surface area (Å²) in [4.78, 5) is 0. The van der Waals surface area contributed by atoms with Crippen molar-refractivity contribution in [1.29, 1.82) is 0 Å². The Morgan fingerprint density at radius 1 is 1.70 bits per heavy atom. The molecule has 1 rings (SSSR count). The Bertz CT molecular complexity index is 229. The van der Waals surface area contributed by atoms with Crippen LogP contribution in [-0.4, -0.2) is 13.2 Å². The molecule has 1 aromatic rings. The SMILES string of the molecule is C=C[SiH](C)n1cc[n+](C)c1. The summed E-state index contributed by atoms with van der Waals surface area (Å²) in [6, 6.07) is 0. The summed E-state index contributed by atoms with van der Waals surface area (Å²) >= 11 is 0. The lowest BCUT2D eigenvalue weighted by atomic mass is 10.9. The number of rotatable bonds is 2. The fraction of sp³-hybridized carbons (Fsp3) is 0.286. The van der Waals surface area contributed by atoms with Crippen LogP contribution in [0.25, 0.3) is 0 Å². The predicted molar refractivity (Wildman–Crippen MR) is 44.2 cm³/mol. The molecule has 0 saturated carbocycles. The molecule has 0 spiro atoms. The van der Waals surface area contributed by atoms with Gasteiger partial charge >= 0.3 is 0 Å². The van der Waals surface area contributed by atoms with E-state index in [1.165, 1.54) is 0 Å².